The molecule has 24 heavy (non-hydrogen) atoms. The molecular weight excluding hydrogens is 370 g/mol. The first-order valence-electron chi connectivity index (χ1n) is 8.58. The van der Waals surface area contributed by atoms with E-state index in [1.807, 2.05) is 29.2 Å². The Morgan fingerprint density at radius 2 is 2.12 bits per heavy atom. The number of benzene rings is 1. The molecule has 3 unspecified atom stereocenters. The average Bonchev–Trinajstić information content (AvgIpc) is 2.95. The van der Waals surface area contributed by atoms with Crippen LogP contribution in [0.4, 0.5) is 5.69 Å². The van der Waals surface area contributed by atoms with Crippen molar-refractivity contribution in [1.29, 1.82) is 0 Å². The summed E-state index contributed by atoms with van der Waals surface area (Å²) in [6, 6.07) is 7.71. The van der Waals surface area contributed by atoms with Crippen LogP contribution in [0.5, 0.6) is 0 Å². The van der Waals surface area contributed by atoms with Crippen molar-refractivity contribution in [1.82, 2.24) is 4.90 Å². The topological polar surface area (TPSA) is 66.6 Å². The van der Waals surface area contributed by atoms with Crippen molar-refractivity contribution in [2.75, 3.05) is 24.5 Å². The second-order valence-corrected chi connectivity index (χ2v) is 7.78. The first-order valence-corrected chi connectivity index (χ1v) is 9.38. The summed E-state index contributed by atoms with van der Waals surface area (Å²) < 4.78 is 0.927. The number of carbonyl (C=O) groups excluding carboxylic acids is 2. The van der Waals surface area contributed by atoms with Crippen molar-refractivity contribution in [3.8, 4) is 0 Å². The summed E-state index contributed by atoms with van der Waals surface area (Å²) in [5, 5.41) is 0. The van der Waals surface area contributed by atoms with Gasteiger partial charge in [0, 0.05) is 35.8 Å². The highest BCUT2D eigenvalue weighted by atomic mass is 79.9. The lowest BCUT2D eigenvalue weighted by Crippen LogP contribution is -2.52. The first kappa shape index (κ1) is 17.4. The first-order chi connectivity index (χ1) is 11.5. The van der Waals surface area contributed by atoms with Gasteiger partial charge in [0.1, 0.15) is 5.92 Å². The van der Waals surface area contributed by atoms with Crippen LogP contribution in [-0.4, -0.2) is 42.4 Å². The molecule has 2 N–H and O–H groups in total. The van der Waals surface area contributed by atoms with E-state index < -0.39 is 5.92 Å². The van der Waals surface area contributed by atoms with Gasteiger partial charge in [-0.3, -0.25) is 9.59 Å². The Balaban J connectivity index is 1.74. The molecule has 2 aliphatic rings. The second-order valence-electron chi connectivity index (χ2n) is 6.86. The predicted molar refractivity (Wildman–Crippen MR) is 97.6 cm³/mol. The molecule has 2 saturated heterocycles. The number of hydrogen-bond acceptors (Lipinski definition) is 3. The van der Waals surface area contributed by atoms with E-state index in [9.17, 15) is 9.59 Å². The largest absolute Gasteiger partial charge is 0.338 e. The number of carbonyl (C=O) groups is 2. The zero-order valence-corrected chi connectivity index (χ0v) is 15.5. The van der Waals surface area contributed by atoms with Crippen molar-refractivity contribution in [2.24, 2.45) is 17.6 Å². The summed E-state index contributed by atoms with van der Waals surface area (Å²) in [6.45, 7) is 3.96. The van der Waals surface area contributed by atoms with E-state index in [4.69, 9.17) is 5.73 Å². The van der Waals surface area contributed by atoms with Crippen LogP contribution in [0.2, 0.25) is 0 Å². The van der Waals surface area contributed by atoms with Gasteiger partial charge < -0.3 is 15.5 Å². The van der Waals surface area contributed by atoms with Crippen molar-refractivity contribution in [3.63, 3.8) is 0 Å². The van der Waals surface area contributed by atoms with E-state index in [2.05, 4.69) is 22.9 Å². The Bertz CT molecular complexity index is 636. The molecule has 2 aliphatic heterocycles. The lowest BCUT2D eigenvalue weighted by molar-refractivity contribution is -0.143. The number of halogens is 1. The van der Waals surface area contributed by atoms with Crippen LogP contribution in [0, 0.1) is 11.8 Å². The van der Waals surface area contributed by atoms with E-state index in [-0.39, 0.29) is 17.9 Å². The summed E-state index contributed by atoms with van der Waals surface area (Å²) in [6.07, 6.45) is 2.49. The minimum absolute atomic E-state index is 0.0418. The third-order valence-electron chi connectivity index (χ3n) is 5.16. The van der Waals surface area contributed by atoms with E-state index in [0.29, 0.717) is 32.0 Å². The van der Waals surface area contributed by atoms with Crippen LogP contribution in [0.3, 0.4) is 0 Å². The van der Waals surface area contributed by atoms with E-state index >= 15 is 0 Å². The molecule has 0 radical (unpaired) electrons. The van der Waals surface area contributed by atoms with Gasteiger partial charge in [0.2, 0.25) is 11.8 Å². The van der Waals surface area contributed by atoms with Gasteiger partial charge in [0.15, 0.2) is 0 Å². The standard InChI is InChI=1S/C18H24BrN3O2/c1-12-5-7-22(15(9-12)11-20)18(24)16-6-8-21(17(16)23)14-4-2-3-13(19)10-14/h2-4,10,12,15-16H,5-9,11,20H2,1H3. The number of rotatable bonds is 3. The van der Waals surface area contributed by atoms with Gasteiger partial charge in [-0.1, -0.05) is 28.9 Å². The van der Waals surface area contributed by atoms with Crippen LogP contribution < -0.4 is 10.6 Å². The summed E-state index contributed by atoms with van der Waals surface area (Å²) in [4.78, 5) is 29.3. The van der Waals surface area contributed by atoms with Crippen molar-refractivity contribution >= 4 is 33.4 Å². The zero-order chi connectivity index (χ0) is 17.3. The van der Waals surface area contributed by atoms with E-state index in [1.54, 1.807) is 4.90 Å². The quantitative estimate of drug-likeness (QED) is 0.801. The Kier molecular flexibility index (Phi) is 5.25. The second kappa shape index (κ2) is 7.23. The fourth-order valence-electron chi connectivity index (χ4n) is 3.77. The van der Waals surface area contributed by atoms with Gasteiger partial charge in [-0.15, -0.1) is 0 Å². The minimum Gasteiger partial charge on any atom is -0.338 e. The fourth-order valence-corrected chi connectivity index (χ4v) is 4.16. The van der Waals surface area contributed by atoms with Crippen LogP contribution in [0.25, 0.3) is 0 Å². The summed E-state index contributed by atoms with van der Waals surface area (Å²) in [5.74, 6) is -0.112. The smallest absolute Gasteiger partial charge is 0.239 e. The van der Waals surface area contributed by atoms with Crippen molar-refractivity contribution < 1.29 is 9.59 Å². The molecule has 0 spiro atoms. The summed E-state index contributed by atoms with van der Waals surface area (Å²) in [7, 11) is 0. The molecule has 3 atom stereocenters. The van der Waals surface area contributed by atoms with Crippen LogP contribution in [0.15, 0.2) is 28.7 Å². The highest BCUT2D eigenvalue weighted by Crippen LogP contribution is 2.30. The van der Waals surface area contributed by atoms with Gasteiger partial charge in [-0.25, -0.2) is 0 Å². The fraction of sp³-hybridized carbons (Fsp3) is 0.556. The molecule has 5 nitrogen and oxygen atoms in total. The third kappa shape index (κ3) is 3.35. The Labute approximate surface area is 151 Å². The van der Waals surface area contributed by atoms with Gasteiger partial charge in [-0.2, -0.15) is 0 Å². The molecule has 0 saturated carbocycles. The number of piperidine rings is 1. The molecule has 3 rings (SSSR count). The number of anilines is 1. The number of amides is 2. The van der Waals surface area contributed by atoms with Crippen molar-refractivity contribution in [3.05, 3.63) is 28.7 Å². The summed E-state index contributed by atoms with van der Waals surface area (Å²) in [5.41, 5.74) is 6.71. The number of nitrogens with two attached hydrogens (primary N) is 1. The molecule has 2 heterocycles. The molecule has 2 amide bonds. The molecule has 2 fully saturated rings. The molecule has 1 aromatic carbocycles. The van der Waals surface area contributed by atoms with E-state index in [0.717, 1.165) is 23.0 Å². The van der Waals surface area contributed by atoms with Crippen LogP contribution in [0.1, 0.15) is 26.2 Å². The number of nitrogens with zero attached hydrogens (tertiary/aromatic N) is 2. The highest BCUT2D eigenvalue weighted by Gasteiger charge is 2.42. The SMILES string of the molecule is CC1CCN(C(=O)C2CCN(c3cccc(Br)c3)C2=O)C(CN)C1. The lowest BCUT2D eigenvalue weighted by atomic mass is 9.91. The Hall–Kier alpha value is -1.40. The molecular formula is C18H24BrN3O2. The van der Waals surface area contributed by atoms with E-state index in [1.165, 1.54) is 0 Å². The molecule has 0 aromatic heterocycles. The van der Waals surface area contributed by atoms with Crippen LogP contribution >= 0.6 is 15.9 Å². The third-order valence-corrected chi connectivity index (χ3v) is 5.65. The summed E-state index contributed by atoms with van der Waals surface area (Å²) >= 11 is 3.43. The maximum atomic E-state index is 12.9. The van der Waals surface area contributed by atoms with Crippen molar-refractivity contribution in [2.45, 2.75) is 32.2 Å². The average molecular weight is 394 g/mol. The minimum atomic E-state index is -0.563. The van der Waals surface area contributed by atoms with Gasteiger partial charge in [0.05, 0.1) is 0 Å². The molecule has 1 aromatic rings. The maximum Gasteiger partial charge on any atom is 0.239 e. The molecule has 0 aliphatic carbocycles. The normalized spacial score (nSPS) is 27.6. The lowest BCUT2D eigenvalue weighted by Gasteiger charge is -2.39. The van der Waals surface area contributed by atoms with Gasteiger partial charge >= 0.3 is 0 Å². The molecule has 6 heteroatoms. The monoisotopic (exact) mass is 393 g/mol. The number of hydrogen-bond donors (Lipinski definition) is 1. The highest BCUT2D eigenvalue weighted by molar-refractivity contribution is 9.10. The zero-order valence-electron chi connectivity index (χ0n) is 14.0. The molecule has 130 valence electrons. The van der Waals surface area contributed by atoms with Crippen LogP contribution in [-0.2, 0) is 9.59 Å². The predicted octanol–water partition coefficient (Wildman–Crippen LogP) is 2.39. The maximum absolute atomic E-state index is 12.9. The van der Waals surface area contributed by atoms with Gasteiger partial charge in [-0.05, 0) is 43.4 Å². The Morgan fingerprint density at radius 3 is 2.83 bits per heavy atom. The molecule has 0 bridgehead atoms. The number of likely N-dealkylation sites (tertiary alicyclic amines) is 1. The van der Waals surface area contributed by atoms with Gasteiger partial charge in [0.25, 0.3) is 0 Å². The Morgan fingerprint density at radius 1 is 1.33 bits per heavy atom.